The lowest BCUT2D eigenvalue weighted by Gasteiger charge is -2.03. The fraction of sp³-hybridized carbons (Fsp3) is 0.909. The maximum Gasteiger partial charge on any atom is 0.0854 e. The van der Waals surface area contributed by atoms with Crippen LogP contribution in [0.3, 0.4) is 0 Å². The summed E-state index contributed by atoms with van der Waals surface area (Å²) in [6.07, 6.45) is 30.6. The van der Waals surface area contributed by atoms with Gasteiger partial charge in [-0.25, -0.2) is 0 Å². The number of allylic oxidation sites excluding steroid dienone is 2. The summed E-state index contributed by atoms with van der Waals surface area (Å²) in [5, 5.41) is 0. The highest BCUT2D eigenvalue weighted by molar-refractivity contribution is 8.03. The van der Waals surface area contributed by atoms with E-state index >= 15 is 0 Å². The summed E-state index contributed by atoms with van der Waals surface area (Å²) in [6.45, 7) is 1.58. The van der Waals surface area contributed by atoms with Crippen molar-refractivity contribution in [1.82, 2.24) is 0 Å². The van der Waals surface area contributed by atoms with Gasteiger partial charge >= 0.3 is 0 Å². The molecule has 0 spiro atoms. The first kappa shape index (κ1) is 25.8. The quantitative estimate of drug-likeness (QED) is 0.107. The summed E-state index contributed by atoms with van der Waals surface area (Å²) < 4.78 is 0. The van der Waals surface area contributed by atoms with Gasteiger partial charge in [0, 0.05) is 0 Å². The Morgan fingerprint density at radius 1 is 0.520 bits per heavy atom. The van der Waals surface area contributed by atoms with Gasteiger partial charge in [-0.15, -0.1) is 0 Å². The van der Waals surface area contributed by atoms with Crippen LogP contribution in [0.4, 0.5) is 0 Å². The Hall–Kier alpha value is 0.750. The van der Waals surface area contributed by atoms with Crippen LogP contribution in [0.5, 0.6) is 0 Å². The molecule has 0 aromatic rings. The van der Waals surface area contributed by atoms with Crippen molar-refractivity contribution < 1.29 is 0 Å². The van der Waals surface area contributed by atoms with E-state index in [0.29, 0.717) is 0 Å². The van der Waals surface area contributed by atoms with E-state index in [4.69, 9.17) is 22.5 Å². The van der Waals surface area contributed by atoms with Crippen LogP contribution in [0, 0.1) is 0 Å². The highest BCUT2D eigenvalue weighted by atomic mass is 35.9. The lowest BCUT2D eigenvalue weighted by molar-refractivity contribution is 0.558. The fourth-order valence-electron chi connectivity index (χ4n) is 3.19. The van der Waals surface area contributed by atoms with Crippen molar-refractivity contribution in [3.63, 3.8) is 0 Å². The molecule has 25 heavy (non-hydrogen) atoms. The molecule has 0 atom stereocenters. The molecule has 0 nitrogen and oxygen atoms in total. The Morgan fingerprint density at radius 3 is 1.28 bits per heavy atom. The Morgan fingerprint density at radius 2 is 0.880 bits per heavy atom. The highest BCUT2D eigenvalue weighted by Gasteiger charge is 1.98. The molecule has 0 fully saturated rings. The van der Waals surface area contributed by atoms with Gasteiger partial charge in [0.25, 0.3) is 0 Å². The molecule has 0 heterocycles. The van der Waals surface area contributed by atoms with Gasteiger partial charge in [0.2, 0.25) is 0 Å². The highest BCUT2D eigenvalue weighted by Crippen LogP contribution is 2.47. The summed E-state index contributed by atoms with van der Waals surface area (Å²) in [4.78, 5) is 0. The zero-order valence-corrected chi connectivity index (χ0v) is 19.2. The van der Waals surface area contributed by atoms with E-state index in [1.165, 1.54) is 116 Å². The zero-order chi connectivity index (χ0) is 18.4. The number of unbranched alkanes of at least 4 members (excludes halogenated alkanes) is 16. The van der Waals surface area contributed by atoms with Crippen LogP contribution >= 0.6 is 29.1 Å². The molecule has 0 rings (SSSR count). The predicted octanol–water partition coefficient (Wildman–Crippen LogP) is 10.4. The van der Waals surface area contributed by atoms with E-state index in [9.17, 15) is 0 Å². The molecule has 150 valence electrons. The molecule has 0 aromatic heterocycles. The van der Waals surface area contributed by atoms with Crippen LogP contribution in [0.1, 0.15) is 122 Å². The maximum absolute atomic E-state index is 5.79. The third kappa shape index (κ3) is 24.8. The molecule has 0 saturated carbocycles. The van der Waals surface area contributed by atoms with E-state index in [-0.39, 0.29) is 0 Å². The second-order valence-electron chi connectivity index (χ2n) is 7.38. The third-order valence-corrected chi connectivity index (χ3v) is 6.51. The van der Waals surface area contributed by atoms with Gasteiger partial charge in [0.1, 0.15) is 0 Å². The number of hydrogen-bond acceptors (Lipinski definition) is 0. The Kier molecular flexibility index (Phi) is 23.5. The largest absolute Gasteiger partial charge is 0.0885 e. The molecule has 0 aliphatic carbocycles. The standard InChI is InChI=1S/C22H43Cl2P/c1-2-3-4-5-6-7-8-9-10-11-12-13-14-15-16-17-18-19-20-21-22-25(23)24/h9-10H,2-8,11-22H2,1H3/b10-9-. The van der Waals surface area contributed by atoms with Gasteiger partial charge < -0.3 is 0 Å². The molecule has 0 bridgehead atoms. The van der Waals surface area contributed by atoms with Gasteiger partial charge in [-0.2, -0.15) is 0 Å². The van der Waals surface area contributed by atoms with Gasteiger partial charge in [0.15, 0.2) is 0 Å². The average molecular weight is 409 g/mol. The van der Waals surface area contributed by atoms with Gasteiger partial charge in [0.05, 0.1) is 6.63 Å². The van der Waals surface area contributed by atoms with Gasteiger partial charge in [-0.1, -0.05) is 125 Å². The monoisotopic (exact) mass is 408 g/mol. The first-order valence-corrected chi connectivity index (χ1v) is 14.3. The fourth-order valence-corrected chi connectivity index (χ4v) is 4.37. The molecule has 0 radical (unpaired) electrons. The summed E-state index contributed by atoms with van der Waals surface area (Å²) in [5.41, 5.74) is 0. The van der Waals surface area contributed by atoms with Crippen molar-refractivity contribution >= 4 is 29.1 Å². The first-order chi connectivity index (χ1) is 12.3. The summed E-state index contributed by atoms with van der Waals surface area (Å²) in [7, 11) is 0. The van der Waals surface area contributed by atoms with Crippen LogP contribution in [0.2, 0.25) is 0 Å². The molecule has 0 unspecified atom stereocenters. The maximum atomic E-state index is 5.79. The molecular weight excluding hydrogens is 366 g/mol. The van der Waals surface area contributed by atoms with Crippen molar-refractivity contribution in [3.05, 3.63) is 12.2 Å². The molecule has 0 N–H and O–H groups in total. The van der Waals surface area contributed by atoms with Crippen LogP contribution in [0.15, 0.2) is 12.2 Å². The van der Waals surface area contributed by atoms with Crippen LogP contribution in [-0.2, 0) is 0 Å². The third-order valence-electron chi connectivity index (χ3n) is 4.84. The lowest BCUT2D eigenvalue weighted by Crippen LogP contribution is -1.83. The van der Waals surface area contributed by atoms with E-state index in [0.717, 1.165) is 6.16 Å². The molecule has 0 amide bonds. The predicted molar refractivity (Wildman–Crippen MR) is 121 cm³/mol. The van der Waals surface area contributed by atoms with E-state index in [2.05, 4.69) is 19.1 Å². The van der Waals surface area contributed by atoms with E-state index < -0.39 is 6.63 Å². The zero-order valence-electron chi connectivity index (χ0n) is 16.8. The molecule has 3 heteroatoms. The smallest absolute Gasteiger partial charge is 0.0854 e. The average Bonchev–Trinajstić information content (AvgIpc) is 2.60. The van der Waals surface area contributed by atoms with Gasteiger partial charge in [-0.3, -0.25) is 0 Å². The van der Waals surface area contributed by atoms with Gasteiger partial charge in [-0.05, 0) is 38.3 Å². The van der Waals surface area contributed by atoms with Crippen molar-refractivity contribution in [2.75, 3.05) is 6.16 Å². The van der Waals surface area contributed by atoms with Crippen LogP contribution in [0.25, 0.3) is 0 Å². The van der Waals surface area contributed by atoms with Crippen molar-refractivity contribution in [2.24, 2.45) is 0 Å². The van der Waals surface area contributed by atoms with Crippen molar-refractivity contribution in [2.45, 2.75) is 122 Å². The molecule has 0 aliphatic rings. The lowest BCUT2D eigenvalue weighted by atomic mass is 10.1. The van der Waals surface area contributed by atoms with Crippen LogP contribution < -0.4 is 0 Å². The van der Waals surface area contributed by atoms with Crippen molar-refractivity contribution in [3.8, 4) is 0 Å². The molecule has 0 saturated heterocycles. The topological polar surface area (TPSA) is 0 Å². The molecular formula is C22H43Cl2P. The second kappa shape index (κ2) is 22.8. The summed E-state index contributed by atoms with van der Waals surface area (Å²) >= 11 is 11.6. The molecule has 0 aliphatic heterocycles. The minimum absolute atomic E-state index is 0.707. The Bertz CT molecular complexity index is 267. The SMILES string of the molecule is CCCCCCCC/C=C\CCCCCCCCCCCCP(Cl)Cl. The number of rotatable bonds is 20. The van der Waals surface area contributed by atoms with E-state index in [1.807, 2.05) is 0 Å². The minimum Gasteiger partial charge on any atom is -0.0885 e. The van der Waals surface area contributed by atoms with Crippen LogP contribution in [-0.4, -0.2) is 6.16 Å². The molecule has 0 aromatic carbocycles. The number of halogens is 2. The minimum atomic E-state index is -0.707. The Balaban J connectivity index is 3.05. The van der Waals surface area contributed by atoms with E-state index in [1.54, 1.807) is 0 Å². The summed E-state index contributed by atoms with van der Waals surface area (Å²) in [6, 6.07) is 0. The number of hydrogen-bond donors (Lipinski definition) is 0. The summed E-state index contributed by atoms with van der Waals surface area (Å²) in [5.74, 6) is 0. The van der Waals surface area contributed by atoms with Crippen molar-refractivity contribution in [1.29, 1.82) is 0 Å². The normalized spacial score (nSPS) is 11.8. The Labute approximate surface area is 169 Å². The first-order valence-electron chi connectivity index (χ1n) is 11.0. The second-order valence-corrected chi connectivity index (χ2v) is 11.4.